The number of amides is 1. The molecule has 8 heteroatoms. The van der Waals surface area contributed by atoms with Crippen molar-refractivity contribution in [2.75, 3.05) is 26.6 Å². The highest BCUT2D eigenvalue weighted by molar-refractivity contribution is 7.17. The van der Waals surface area contributed by atoms with Gasteiger partial charge in [-0.05, 0) is 31.2 Å². The molecule has 0 bridgehead atoms. The highest BCUT2D eigenvalue weighted by atomic mass is 32.1. The van der Waals surface area contributed by atoms with E-state index < -0.39 is 0 Å². The standard InChI is InChI=1S/C20H19FN2O4S/c1-11-18(28-20(22-11)12-5-7-13(21)8-6-12)19(24)23-14-9-15(25-2)17(27-4)16(10-14)26-3/h5-10H,1-4H3,(H,23,24). The molecule has 0 radical (unpaired) electrons. The fourth-order valence-electron chi connectivity index (χ4n) is 2.66. The molecule has 0 aliphatic heterocycles. The summed E-state index contributed by atoms with van der Waals surface area (Å²) in [6.07, 6.45) is 0. The molecular weight excluding hydrogens is 383 g/mol. The van der Waals surface area contributed by atoms with Gasteiger partial charge >= 0.3 is 0 Å². The van der Waals surface area contributed by atoms with Crippen LogP contribution in [0.2, 0.25) is 0 Å². The van der Waals surface area contributed by atoms with Gasteiger partial charge in [0.2, 0.25) is 5.75 Å². The van der Waals surface area contributed by atoms with Crippen molar-refractivity contribution in [3.8, 4) is 27.8 Å². The fourth-order valence-corrected chi connectivity index (χ4v) is 3.63. The number of methoxy groups -OCH3 is 3. The Hall–Kier alpha value is -3.13. The molecule has 146 valence electrons. The third-order valence-electron chi connectivity index (χ3n) is 4.02. The van der Waals surface area contributed by atoms with Crippen LogP contribution in [0, 0.1) is 12.7 Å². The maximum absolute atomic E-state index is 13.1. The second-order valence-corrected chi connectivity index (χ2v) is 6.81. The van der Waals surface area contributed by atoms with Crippen molar-refractivity contribution in [1.82, 2.24) is 4.98 Å². The van der Waals surface area contributed by atoms with E-state index in [1.807, 2.05) is 0 Å². The van der Waals surface area contributed by atoms with Crippen LogP contribution in [0.4, 0.5) is 10.1 Å². The third-order valence-corrected chi connectivity index (χ3v) is 5.22. The van der Waals surface area contributed by atoms with Gasteiger partial charge in [-0.2, -0.15) is 0 Å². The van der Waals surface area contributed by atoms with E-state index >= 15 is 0 Å². The van der Waals surface area contributed by atoms with Crippen LogP contribution in [0.15, 0.2) is 36.4 Å². The SMILES string of the molecule is COc1cc(NC(=O)c2sc(-c3ccc(F)cc3)nc2C)cc(OC)c1OC. The largest absolute Gasteiger partial charge is 0.493 e. The molecule has 1 heterocycles. The topological polar surface area (TPSA) is 69.7 Å². The molecule has 28 heavy (non-hydrogen) atoms. The average Bonchev–Trinajstić information content (AvgIpc) is 3.09. The number of ether oxygens (including phenoxy) is 3. The number of carbonyl (C=O) groups is 1. The van der Waals surface area contributed by atoms with Gasteiger partial charge in [-0.1, -0.05) is 0 Å². The first-order valence-electron chi connectivity index (χ1n) is 8.31. The highest BCUT2D eigenvalue weighted by Gasteiger charge is 2.19. The van der Waals surface area contributed by atoms with E-state index in [0.29, 0.717) is 38.5 Å². The maximum Gasteiger partial charge on any atom is 0.267 e. The van der Waals surface area contributed by atoms with E-state index in [0.717, 1.165) is 5.56 Å². The first kappa shape index (κ1) is 19.6. The van der Waals surface area contributed by atoms with Crippen LogP contribution in [0.1, 0.15) is 15.4 Å². The van der Waals surface area contributed by atoms with E-state index in [4.69, 9.17) is 14.2 Å². The quantitative estimate of drug-likeness (QED) is 0.656. The Kier molecular flexibility index (Phi) is 5.79. The lowest BCUT2D eigenvalue weighted by Gasteiger charge is -2.14. The summed E-state index contributed by atoms with van der Waals surface area (Å²) in [6, 6.07) is 9.29. The van der Waals surface area contributed by atoms with Crippen LogP contribution in [-0.2, 0) is 0 Å². The fraction of sp³-hybridized carbons (Fsp3) is 0.200. The summed E-state index contributed by atoms with van der Waals surface area (Å²) in [7, 11) is 4.52. The monoisotopic (exact) mass is 402 g/mol. The van der Waals surface area contributed by atoms with Gasteiger partial charge in [-0.25, -0.2) is 9.37 Å². The molecule has 3 aromatic rings. The van der Waals surface area contributed by atoms with Crippen molar-refractivity contribution in [3.05, 3.63) is 52.8 Å². The van der Waals surface area contributed by atoms with E-state index in [1.54, 1.807) is 31.2 Å². The number of nitrogens with zero attached hydrogens (tertiary/aromatic N) is 1. The third kappa shape index (κ3) is 3.91. The van der Waals surface area contributed by atoms with Crippen LogP contribution in [-0.4, -0.2) is 32.2 Å². The van der Waals surface area contributed by atoms with Gasteiger partial charge in [0.15, 0.2) is 11.5 Å². The minimum Gasteiger partial charge on any atom is -0.493 e. The average molecular weight is 402 g/mol. The van der Waals surface area contributed by atoms with E-state index in [-0.39, 0.29) is 11.7 Å². The van der Waals surface area contributed by atoms with Crippen molar-refractivity contribution >= 4 is 22.9 Å². The number of aromatic nitrogens is 1. The summed E-state index contributed by atoms with van der Waals surface area (Å²) in [5, 5.41) is 3.48. The number of rotatable bonds is 6. The molecular formula is C20H19FN2O4S. The number of benzene rings is 2. The number of hydrogen-bond acceptors (Lipinski definition) is 6. The molecule has 6 nitrogen and oxygen atoms in total. The van der Waals surface area contributed by atoms with Crippen LogP contribution >= 0.6 is 11.3 Å². The second-order valence-electron chi connectivity index (χ2n) is 5.81. The molecule has 1 amide bonds. The Labute approximate surface area is 165 Å². The molecule has 0 atom stereocenters. The van der Waals surface area contributed by atoms with Crippen molar-refractivity contribution in [2.45, 2.75) is 6.92 Å². The highest BCUT2D eigenvalue weighted by Crippen LogP contribution is 2.40. The Morgan fingerprint density at radius 1 is 1.04 bits per heavy atom. The number of thiazole rings is 1. The van der Waals surface area contributed by atoms with Gasteiger partial charge in [0, 0.05) is 23.4 Å². The van der Waals surface area contributed by atoms with Gasteiger partial charge < -0.3 is 19.5 Å². The Morgan fingerprint density at radius 2 is 1.64 bits per heavy atom. The molecule has 0 unspecified atom stereocenters. The Balaban J connectivity index is 1.88. The molecule has 0 fully saturated rings. The minimum atomic E-state index is -0.322. The van der Waals surface area contributed by atoms with Gasteiger partial charge in [0.25, 0.3) is 5.91 Å². The predicted molar refractivity (Wildman–Crippen MR) is 106 cm³/mol. The maximum atomic E-state index is 13.1. The number of carbonyl (C=O) groups excluding carboxylic acids is 1. The molecule has 0 saturated carbocycles. The number of aryl methyl sites for hydroxylation is 1. The van der Waals surface area contributed by atoms with Gasteiger partial charge in [-0.15, -0.1) is 11.3 Å². The summed E-state index contributed by atoms with van der Waals surface area (Å²) in [6.45, 7) is 1.76. The van der Waals surface area contributed by atoms with Crippen LogP contribution in [0.3, 0.4) is 0 Å². The molecule has 0 aliphatic rings. The summed E-state index contributed by atoms with van der Waals surface area (Å²) in [5.74, 6) is 0.681. The summed E-state index contributed by atoms with van der Waals surface area (Å²) in [4.78, 5) is 17.7. The van der Waals surface area contributed by atoms with Gasteiger partial charge in [0.1, 0.15) is 15.7 Å². The number of anilines is 1. The molecule has 0 spiro atoms. The zero-order valence-electron chi connectivity index (χ0n) is 15.8. The smallest absolute Gasteiger partial charge is 0.267 e. The number of halogens is 1. The van der Waals surface area contributed by atoms with Crippen LogP contribution in [0.5, 0.6) is 17.2 Å². The van der Waals surface area contributed by atoms with Crippen molar-refractivity contribution in [3.63, 3.8) is 0 Å². The lowest BCUT2D eigenvalue weighted by atomic mass is 10.2. The molecule has 2 aromatic carbocycles. The van der Waals surface area contributed by atoms with Crippen molar-refractivity contribution in [1.29, 1.82) is 0 Å². The van der Waals surface area contributed by atoms with Crippen molar-refractivity contribution < 1.29 is 23.4 Å². The van der Waals surface area contributed by atoms with Gasteiger partial charge in [0.05, 0.1) is 27.0 Å². The lowest BCUT2D eigenvalue weighted by molar-refractivity contribution is 0.103. The van der Waals surface area contributed by atoms with Crippen LogP contribution in [0.25, 0.3) is 10.6 Å². The summed E-state index contributed by atoms with van der Waals surface area (Å²) in [5.41, 5.74) is 1.84. The number of hydrogen-bond donors (Lipinski definition) is 1. The van der Waals surface area contributed by atoms with E-state index in [1.165, 1.54) is 44.8 Å². The zero-order chi connectivity index (χ0) is 20.3. The second kappa shape index (κ2) is 8.26. The van der Waals surface area contributed by atoms with Crippen LogP contribution < -0.4 is 19.5 Å². The van der Waals surface area contributed by atoms with Crippen molar-refractivity contribution in [2.24, 2.45) is 0 Å². The molecule has 0 saturated heterocycles. The first-order chi connectivity index (χ1) is 13.5. The molecule has 0 aliphatic carbocycles. The molecule has 1 N–H and O–H groups in total. The van der Waals surface area contributed by atoms with E-state index in [9.17, 15) is 9.18 Å². The Morgan fingerprint density at radius 3 is 2.18 bits per heavy atom. The van der Waals surface area contributed by atoms with E-state index in [2.05, 4.69) is 10.3 Å². The summed E-state index contributed by atoms with van der Waals surface area (Å²) < 4.78 is 29.0. The lowest BCUT2D eigenvalue weighted by Crippen LogP contribution is -2.12. The molecule has 1 aromatic heterocycles. The number of nitrogens with one attached hydrogen (secondary N) is 1. The Bertz CT molecular complexity index is 977. The molecule has 3 rings (SSSR count). The first-order valence-corrected chi connectivity index (χ1v) is 9.13. The normalized spacial score (nSPS) is 10.5. The predicted octanol–water partition coefficient (Wildman–Crippen LogP) is 4.54. The zero-order valence-corrected chi connectivity index (χ0v) is 16.6. The van der Waals surface area contributed by atoms with Gasteiger partial charge in [-0.3, -0.25) is 4.79 Å². The minimum absolute atomic E-state index is 0.308. The summed E-state index contributed by atoms with van der Waals surface area (Å²) >= 11 is 1.24.